The van der Waals surface area contributed by atoms with Crippen LogP contribution in [0.25, 0.3) is 16.8 Å². The third-order valence-corrected chi connectivity index (χ3v) is 3.76. The van der Waals surface area contributed by atoms with Gasteiger partial charge in [0.1, 0.15) is 5.82 Å². The fraction of sp³-hybridized carbons (Fsp3) is 0. The molecule has 3 aromatic rings. The SMILES string of the molecule is O=C(/C=C/c1cccc2ccccc12)NC(=S)Nc1cccc(F)c1. The molecule has 5 heteroatoms. The molecule has 1 amide bonds. The summed E-state index contributed by atoms with van der Waals surface area (Å²) in [5, 5.41) is 7.58. The first-order valence-electron chi connectivity index (χ1n) is 7.65. The van der Waals surface area contributed by atoms with Gasteiger partial charge in [0.05, 0.1) is 0 Å². The summed E-state index contributed by atoms with van der Waals surface area (Å²) in [6.45, 7) is 0. The summed E-state index contributed by atoms with van der Waals surface area (Å²) in [6, 6.07) is 19.7. The number of benzene rings is 3. The zero-order valence-corrected chi connectivity index (χ0v) is 14.0. The highest BCUT2D eigenvalue weighted by molar-refractivity contribution is 7.80. The van der Waals surface area contributed by atoms with Crippen LogP contribution in [0.3, 0.4) is 0 Å². The second-order valence-electron chi connectivity index (χ2n) is 5.36. The van der Waals surface area contributed by atoms with Crippen LogP contribution in [0.15, 0.2) is 72.8 Å². The van der Waals surface area contributed by atoms with E-state index in [9.17, 15) is 9.18 Å². The van der Waals surface area contributed by atoms with Gasteiger partial charge in [0.15, 0.2) is 5.11 Å². The Labute approximate surface area is 150 Å². The number of carbonyl (C=O) groups excluding carboxylic acids is 1. The second-order valence-corrected chi connectivity index (χ2v) is 5.76. The first kappa shape index (κ1) is 16.8. The van der Waals surface area contributed by atoms with Gasteiger partial charge in [0.2, 0.25) is 5.91 Å². The van der Waals surface area contributed by atoms with E-state index in [1.165, 1.54) is 18.2 Å². The highest BCUT2D eigenvalue weighted by atomic mass is 32.1. The van der Waals surface area contributed by atoms with Gasteiger partial charge < -0.3 is 5.32 Å². The van der Waals surface area contributed by atoms with E-state index in [1.54, 1.807) is 18.2 Å². The summed E-state index contributed by atoms with van der Waals surface area (Å²) in [4.78, 5) is 12.0. The fourth-order valence-electron chi connectivity index (χ4n) is 2.44. The number of halogens is 1. The summed E-state index contributed by atoms with van der Waals surface area (Å²) in [6.07, 6.45) is 3.16. The average molecular weight is 350 g/mol. The molecule has 0 heterocycles. The highest BCUT2D eigenvalue weighted by Gasteiger charge is 2.03. The topological polar surface area (TPSA) is 41.1 Å². The van der Waals surface area contributed by atoms with Crippen molar-refractivity contribution in [2.75, 3.05) is 5.32 Å². The van der Waals surface area contributed by atoms with Crippen LogP contribution in [0.5, 0.6) is 0 Å². The van der Waals surface area contributed by atoms with Crippen molar-refractivity contribution in [3.8, 4) is 0 Å². The molecule has 3 rings (SSSR count). The summed E-state index contributed by atoms with van der Waals surface area (Å²) >= 11 is 5.06. The standard InChI is InChI=1S/C20H15FN2OS/c21-16-8-4-9-17(13-16)22-20(25)23-19(24)12-11-15-7-3-6-14-5-1-2-10-18(14)15/h1-13H,(H2,22,23,24,25)/b12-11+. The monoisotopic (exact) mass is 350 g/mol. The minimum atomic E-state index is -0.380. The van der Waals surface area contributed by atoms with E-state index >= 15 is 0 Å². The van der Waals surface area contributed by atoms with Crippen LogP contribution < -0.4 is 10.6 Å². The van der Waals surface area contributed by atoms with Crippen molar-refractivity contribution in [2.45, 2.75) is 0 Å². The first-order valence-corrected chi connectivity index (χ1v) is 8.06. The largest absolute Gasteiger partial charge is 0.332 e. The molecule has 0 unspecified atom stereocenters. The Hall–Kier alpha value is -3.05. The molecular formula is C20H15FN2OS. The van der Waals surface area contributed by atoms with Gasteiger partial charge in [-0.3, -0.25) is 10.1 Å². The first-order chi connectivity index (χ1) is 12.1. The Morgan fingerprint density at radius 3 is 2.60 bits per heavy atom. The lowest BCUT2D eigenvalue weighted by Gasteiger charge is -2.08. The molecule has 0 aliphatic heterocycles. The fourth-order valence-corrected chi connectivity index (χ4v) is 2.66. The predicted octanol–water partition coefficient (Wildman–Crippen LogP) is 4.51. The van der Waals surface area contributed by atoms with Crippen LogP contribution in [0.4, 0.5) is 10.1 Å². The van der Waals surface area contributed by atoms with Crippen LogP contribution in [-0.2, 0) is 4.79 Å². The third kappa shape index (κ3) is 4.49. The average Bonchev–Trinajstić information content (AvgIpc) is 2.59. The zero-order valence-electron chi connectivity index (χ0n) is 13.2. The van der Waals surface area contributed by atoms with E-state index in [1.807, 2.05) is 42.5 Å². The van der Waals surface area contributed by atoms with Crippen molar-refractivity contribution < 1.29 is 9.18 Å². The molecule has 0 fully saturated rings. The van der Waals surface area contributed by atoms with E-state index in [2.05, 4.69) is 10.6 Å². The van der Waals surface area contributed by atoms with Crippen molar-refractivity contribution in [3.63, 3.8) is 0 Å². The number of thiocarbonyl (C=S) groups is 1. The lowest BCUT2D eigenvalue weighted by Crippen LogP contribution is -2.32. The van der Waals surface area contributed by atoms with Crippen LogP contribution >= 0.6 is 12.2 Å². The smallest absolute Gasteiger partial charge is 0.250 e. The normalized spacial score (nSPS) is 10.8. The molecule has 3 aromatic carbocycles. The number of rotatable bonds is 3. The Balaban J connectivity index is 1.65. The minimum Gasteiger partial charge on any atom is -0.332 e. The Bertz CT molecular complexity index is 963. The van der Waals surface area contributed by atoms with E-state index in [-0.39, 0.29) is 16.8 Å². The Morgan fingerprint density at radius 2 is 1.76 bits per heavy atom. The quantitative estimate of drug-likeness (QED) is 0.540. The van der Waals surface area contributed by atoms with Gasteiger partial charge in [-0.25, -0.2) is 4.39 Å². The van der Waals surface area contributed by atoms with Crippen molar-refractivity contribution in [2.24, 2.45) is 0 Å². The molecule has 0 radical (unpaired) electrons. The molecule has 0 spiro atoms. The number of amides is 1. The molecule has 0 aliphatic rings. The van der Waals surface area contributed by atoms with Crippen LogP contribution in [0, 0.1) is 5.82 Å². The van der Waals surface area contributed by atoms with Gasteiger partial charge in [-0.1, -0.05) is 48.5 Å². The van der Waals surface area contributed by atoms with E-state index < -0.39 is 0 Å². The Kier molecular flexibility index (Phi) is 5.16. The van der Waals surface area contributed by atoms with Gasteiger partial charge in [-0.2, -0.15) is 0 Å². The van der Waals surface area contributed by atoms with Crippen LogP contribution in [-0.4, -0.2) is 11.0 Å². The maximum absolute atomic E-state index is 13.1. The van der Waals surface area contributed by atoms with Crippen molar-refractivity contribution in [1.82, 2.24) is 5.32 Å². The van der Waals surface area contributed by atoms with Gasteiger partial charge in [-0.05, 0) is 52.8 Å². The third-order valence-electron chi connectivity index (χ3n) is 3.56. The number of hydrogen-bond acceptors (Lipinski definition) is 2. The number of hydrogen-bond donors (Lipinski definition) is 2. The second kappa shape index (κ2) is 7.68. The lowest BCUT2D eigenvalue weighted by atomic mass is 10.0. The molecule has 0 aromatic heterocycles. The van der Waals surface area contributed by atoms with E-state index in [0.29, 0.717) is 5.69 Å². The minimum absolute atomic E-state index is 0.109. The lowest BCUT2D eigenvalue weighted by molar-refractivity contribution is -0.115. The Morgan fingerprint density at radius 1 is 1.00 bits per heavy atom. The van der Waals surface area contributed by atoms with Crippen molar-refractivity contribution in [3.05, 3.63) is 84.2 Å². The summed E-state index contributed by atoms with van der Waals surface area (Å²) in [5.74, 6) is -0.739. The summed E-state index contributed by atoms with van der Waals surface area (Å²) < 4.78 is 13.1. The van der Waals surface area contributed by atoms with Gasteiger partial charge >= 0.3 is 0 Å². The maximum Gasteiger partial charge on any atom is 0.250 e. The van der Waals surface area contributed by atoms with Crippen LogP contribution in [0.2, 0.25) is 0 Å². The van der Waals surface area contributed by atoms with Gasteiger partial charge in [0, 0.05) is 11.8 Å². The highest BCUT2D eigenvalue weighted by Crippen LogP contribution is 2.19. The summed E-state index contributed by atoms with van der Waals surface area (Å²) in [5.41, 5.74) is 1.42. The van der Waals surface area contributed by atoms with Gasteiger partial charge in [-0.15, -0.1) is 0 Å². The number of fused-ring (bicyclic) bond motifs is 1. The molecule has 3 nitrogen and oxygen atoms in total. The number of anilines is 1. The summed E-state index contributed by atoms with van der Waals surface area (Å²) in [7, 11) is 0. The van der Waals surface area contributed by atoms with E-state index in [4.69, 9.17) is 12.2 Å². The van der Waals surface area contributed by atoms with Crippen molar-refractivity contribution >= 4 is 45.8 Å². The van der Waals surface area contributed by atoms with E-state index in [0.717, 1.165) is 16.3 Å². The number of nitrogens with one attached hydrogen (secondary N) is 2. The van der Waals surface area contributed by atoms with Crippen molar-refractivity contribution in [1.29, 1.82) is 0 Å². The molecule has 0 atom stereocenters. The molecule has 0 saturated carbocycles. The number of carbonyl (C=O) groups is 1. The van der Waals surface area contributed by atoms with Crippen LogP contribution in [0.1, 0.15) is 5.56 Å². The molecule has 2 N–H and O–H groups in total. The molecule has 25 heavy (non-hydrogen) atoms. The predicted molar refractivity (Wildman–Crippen MR) is 104 cm³/mol. The molecule has 0 aliphatic carbocycles. The zero-order chi connectivity index (χ0) is 17.6. The molecule has 0 saturated heterocycles. The molecule has 124 valence electrons. The maximum atomic E-state index is 13.1. The van der Waals surface area contributed by atoms with Gasteiger partial charge in [0.25, 0.3) is 0 Å². The molecular weight excluding hydrogens is 335 g/mol. The molecule has 0 bridgehead atoms.